The number of aliphatic carboxylic acids is 1. The van der Waals surface area contributed by atoms with Crippen molar-refractivity contribution in [3.8, 4) is 0 Å². The van der Waals surface area contributed by atoms with Gasteiger partial charge in [0.05, 0.1) is 6.42 Å². The quantitative estimate of drug-likeness (QED) is 0.839. The van der Waals surface area contributed by atoms with Crippen molar-refractivity contribution in [2.75, 3.05) is 0 Å². The van der Waals surface area contributed by atoms with Crippen LogP contribution in [0.4, 0.5) is 8.78 Å². The summed E-state index contributed by atoms with van der Waals surface area (Å²) >= 11 is 0. The van der Waals surface area contributed by atoms with Crippen LogP contribution in [-0.4, -0.2) is 23.0 Å². The zero-order chi connectivity index (χ0) is 13.7. The zero-order valence-corrected chi connectivity index (χ0v) is 9.74. The van der Waals surface area contributed by atoms with Gasteiger partial charge >= 0.3 is 5.97 Å². The van der Waals surface area contributed by atoms with E-state index in [1.165, 1.54) is 12.1 Å². The molecular weight excluding hydrogens is 244 g/mol. The Labute approximate surface area is 103 Å². The molecule has 1 amide bonds. The van der Waals surface area contributed by atoms with E-state index in [4.69, 9.17) is 5.11 Å². The molecule has 0 heterocycles. The number of carboxylic acids is 1. The molecule has 0 bridgehead atoms. The number of rotatable bonds is 5. The van der Waals surface area contributed by atoms with Crippen LogP contribution in [0, 0.1) is 11.6 Å². The maximum Gasteiger partial charge on any atom is 0.326 e. The fraction of sp³-hybridized carbons (Fsp3) is 0.333. The van der Waals surface area contributed by atoms with E-state index in [0.717, 1.165) is 6.07 Å². The average Bonchev–Trinajstić information content (AvgIpc) is 2.31. The van der Waals surface area contributed by atoms with Gasteiger partial charge in [0.1, 0.15) is 6.04 Å². The Morgan fingerprint density at radius 1 is 1.39 bits per heavy atom. The zero-order valence-electron chi connectivity index (χ0n) is 9.74. The summed E-state index contributed by atoms with van der Waals surface area (Å²) in [4.78, 5) is 22.2. The molecule has 1 aromatic rings. The lowest BCUT2D eigenvalue weighted by molar-refractivity contribution is -0.141. The summed E-state index contributed by atoms with van der Waals surface area (Å²) in [5, 5.41) is 11.0. The number of carboxylic acid groups (broad SMARTS) is 1. The molecule has 0 aliphatic heterocycles. The third-order valence-corrected chi connectivity index (χ3v) is 2.42. The SMILES string of the molecule is CC[C@@H](NC(=O)Cc1cccc(F)c1F)C(=O)O. The van der Waals surface area contributed by atoms with Crippen molar-refractivity contribution >= 4 is 11.9 Å². The van der Waals surface area contributed by atoms with Crippen LogP contribution in [0.5, 0.6) is 0 Å². The smallest absolute Gasteiger partial charge is 0.326 e. The van der Waals surface area contributed by atoms with Crippen LogP contribution in [0.3, 0.4) is 0 Å². The maximum absolute atomic E-state index is 13.3. The second-order valence-corrected chi connectivity index (χ2v) is 3.76. The van der Waals surface area contributed by atoms with Gasteiger partial charge in [-0.05, 0) is 12.5 Å². The molecule has 0 saturated heterocycles. The molecular formula is C12H13F2NO3. The molecule has 0 fully saturated rings. The van der Waals surface area contributed by atoms with Crippen molar-refractivity contribution in [3.63, 3.8) is 0 Å². The molecule has 6 heteroatoms. The second-order valence-electron chi connectivity index (χ2n) is 3.76. The molecule has 0 aliphatic rings. The van der Waals surface area contributed by atoms with E-state index in [-0.39, 0.29) is 12.0 Å². The van der Waals surface area contributed by atoms with Crippen molar-refractivity contribution in [2.24, 2.45) is 0 Å². The minimum Gasteiger partial charge on any atom is -0.480 e. The molecule has 0 spiro atoms. The predicted octanol–water partition coefficient (Wildman–Crippen LogP) is 1.49. The van der Waals surface area contributed by atoms with E-state index in [1.54, 1.807) is 6.92 Å². The third-order valence-electron chi connectivity index (χ3n) is 2.42. The first-order valence-electron chi connectivity index (χ1n) is 5.40. The molecule has 98 valence electrons. The fourth-order valence-electron chi connectivity index (χ4n) is 1.44. The van der Waals surface area contributed by atoms with Crippen LogP contribution in [0.2, 0.25) is 0 Å². The first-order chi connectivity index (χ1) is 8.45. The predicted molar refractivity (Wildman–Crippen MR) is 59.9 cm³/mol. The first-order valence-corrected chi connectivity index (χ1v) is 5.40. The molecule has 1 atom stereocenters. The van der Waals surface area contributed by atoms with Crippen LogP contribution in [0.25, 0.3) is 0 Å². The van der Waals surface area contributed by atoms with Crippen molar-refractivity contribution in [3.05, 3.63) is 35.4 Å². The molecule has 2 N–H and O–H groups in total. The summed E-state index contributed by atoms with van der Waals surface area (Å²) in [7, 11) is 0. The minimum atomic E-state index is -1.16. The van der Waals surface area contributed by atoms with E-state index < -0.39 is 36.0 Å². The van der Waals surface area contributed by atoms with Gasteiger partial charge in [0.2, 0.25) is 5.91 Å². The Morgan fingerprint density at radius 2 is 2.06 bits per heavy atom. The molecule has 4 nitrogen and oxygen atoms in total. The molecule has 18 heavy (non-hydrogen) atoms. The van der Waals surface area contributed by atoms with Gasteiger partial charge in [-0.2, -0.15) is 0 Å². The number of hydrogen-bond donors (Lipinski definition) is 2. The number of nitrogens with one attached hydrogen (secondary N) is 1. The monoisotopic (exact) mass is 257 g/mol. The van der Waals surface area contributed by atoms with E-state index >= 15 is 0 Å². The van der Waals surface area contributed by atoms with Crippen molar-refractivity contribution in [1.82, 2.24) is 5.32 Å². The lowest BCUT2D eigenvalue weighted by Crippen LogP contribution is -2.41. The van der Waals surface area contributed by atoms with Gasteiger partial charge in [-0.1, -0.05) is 19.1 Å². The maximum atomic E-state index is 13.3. The largest absolute Gasteiger partial charge is 0.480 e. The number of carbonyl (C=O) groups excluding carboxylic acids is 1. The number of halogens is 2. The number of hydrogen-bond acceptors (Lipinski definition) is 2. The highest BCUT2D eigenvalue weighted by Gasteiger charge is 2.19. The Hall–Kier alpha value is -1.98. The first kappa shape index (κ1) is 14.1. The van der Waals surface area contributed by atoms with E-state index in [9.17, 15) is 18.4 Å². The van der Waals surface area contributed by atoms with Gasteiger partial charge in [0.15, 0.2) is 11.6 Å². The van der Waals surface area contributed by atoms with Crippen molar-refractivity contribution in [1.29, 1.82) is 0 Å². The molecule has 1 rings (SSSR count). The molecule has 1 aromatic carbocycles. The summed E-state index contributed by atoms with van der Waals surface area (Å²) < 4.78 is 26.2. The van der Waals surface area contributed by atoms with E-state index in [0.29, 0.717) is 0 Å². The molecule has 0 unspecified atom stereocenters. The van der Waals surface area contributed by atoms with Crippen LogP contribution >= 0.6 is 0 Å². The highest BCUT2D eigenvalue weighted by atomic mass is 19.2. The summed E-state index contributed by atoms with van der Waals surface area (Å²) in [6.45, 7) is 1.60. The molecule has 0 aliphatic carbocycles. The fourth-order valence-corrected chi connectivity index (χ4v) is 1.44. The van der Waals surface area contributed by atoms with Crippen molar-refractivity contribution in [2.45, 2.75) is 25.8 Å². The van der Waals surface area contributed by atoms with E-state index in [1.807, 2.05) is 0 Å². The molecule has 0 saturated carbocycles. The standard InChI is InChI=1S/C12H13F2NO3/c1-2-9(12(17)18)15-10(16)6-7-4-3-5-8(13)11(7)14/h3-5,9H,2,6H2,1H3,(H,15,16)(H,17,18)/t9-/m1/s1. The normalized spacial score (nSPS) is 11.9. The average molecular weight is 257 g/mol. The number of carbonyl (C=O) groups is 2. The number of benzene rings is 1. The Bertz CT molecular complexity index is 463. The van der Waals surface area contributed by atoms with Crippen LogP contribution in [0.1, 0.15) is 18.9 Å². The minimum absolute atomic E-state index is 0.104. The topological polar surface area (TPSA) is 66.4 Å². The number of amides is 1. The van der Waals surface area contributed by atoms with Crippen LogP contribution in [0.15, 0.2) is 18.2 Å². The van der Waals surface area contributed by atoms with Crippen LogP contribution in [-0.2, 0) is 16.0 Å². The summed E-state index contributed by atoms with van der Waals surface area (Å²) in [5.74, 6) is -3.94. The highest BCUT2D eigenvalue weighted by Crippen LogP contribution is 2.11. The Balaban J connectivity index is 2.70. The van der Waals surface area contributed by atoms with Gasteiger partial charge in [0.25, 0.3) is 0 Å². The van der Waals surface area contributed by atoms with Gasteiger partial charge in [-0.15, -0.1) is 0 Å². The Kier molecular flexibility index (Phi) is 4.76. The van der Waals surface area contributed by atoms with Gasteiger partial charge in [-0.25, -0.2) is 13.6 Å². The summed E-state index contributed by atoms with van der Waals surface area (Å²) in [6.07, 6.45) is -0.180. The summed E-state index contributed by atoms with van der Waals surface area (Å²) in [5.41, 5.74) is -0.104. The summed E-state index contributed by atoms with van der Waals surface area (Å²) in [6, 6.07) is 2.49. The Morgan fingerprint density at radius 3 is 2.61 bits per heavy atom. The van der Waals surface area contributed by atoms with Crippen LogP contribution < -0.4 is 5.32 Å². The lowest BCUT2D eigenvalue weighted by atomic mass is 10.1. The second kappa shape index (κ2) is 6.09. The van der Waals surface area contributed by atoms with Gasteiger partial charge < -0.3 is 10.4 Å². The third kappa shape index (κ3) is 3.51. The molecule has 0 aromatic heterocycles. The van der Waals surface area contributed by atoms with Gasteiger partial charge in [-0.3, -0.25) is 4.79 Å². The highest BCUT2D eigenvalue weighted by molar-refractivity contribution is 5.84. The lowest BCUT2D eigenvalue weighted by Gasteiger charge is -2.12. The van der Waals surface area contributed by atoms with Gasteiger partial charge in [0, 0.05) is 5.56 Å². The van der Waals surface area contributed by atoms with Crippen molar-refractivity contribution < 1.29 is 23.5 Å². The molecule has 0 radical (unpaired) electrons. The van der Waals surface area contributed by atoms with E-state index in [2.05, 4.69) is 5.32 Å².